The number of aliphatic carboxylic acids is 1. The molecular formula is C16H19N3O3S. The molecule has 0 aromatic carbocycles. The minimum Gasteiger partial charge on any atom is -0.481 e. The molecule has 2 aliphatic heterocycles. The largest absolute Gasteiger partial charge is 0.481 e. The number of carbonyl (C=O) groups is 2. The molecular weight excluding hydrogens is 314 g/mol. The van der Waals surface area contributed by atoms with Gasteiger partial charge in [0.25, 0.3) is 0 Å². The molecule has 4 rings (SSSR count). The molecule has 4 heterocycles. The fourth-order valence-electron chi connectivity index (χ4n) is 4.43. The standard InChI is InChI=1S/C16H19N3O3S/c1-2-16(14(21)22)8-11-3-4-12(16)19(11)13(20)7-10-9-18-5-6-23-15(18)17-10/h5-6,9,11-12H,2-4,7-8H2,1H3,(H,21,22)/t11-,12+,16+/m0/s1. The quantitative estimate of drug-likeness (QED) is 0.930. The van der Waals surface area contributed by atoms with Crippen molar-refractivity contribution in [2.24, 2.45) is 5.41 Å². The highest BCUT2D eigenvalue weighted by molar-refractivity contribution is 7.15. The van der Waals surface area contributed by atoms with Crippen LogP contribution >= 0.6 is 11.3 Å². The summed E-state index contributed by atoms with van der Waals surface area (Å²) in [6.07, 6.45) is 6.94. The Morgan fingerprint density at radius 1 is 1.48 bits per heavy atom. The van der Waals surface area contributed by atoms with Crippen LogP contribution in [0.1, 0.15) is 38.3 Å². The van der Waals surface area contributed by atoms with Gasteiger partial charge in [0, 0.05) is 29.9 Å². The average Bonchev–Trinajstić information content (AvgIpc) is 3.24. The summed E-state index contributed by atoms with van der Waals surface area (Å²) in [5, 5.41) is 11.6. The monoisotopic (exact) mass is 333 g/mol. The number of hydrogen-bond donors (Lipinski definition) is 1. The van der Waals surface area contributed by atoms with Crippen molar-refractivity contribution in [3.05, 3.63) is 23.5 Å². The number of carboxylic acid groups (broad SMARTS) is 1. The lowest BCUT2D eigenvalue weighted by Crippen LogP contribution is -2.45. The molecule has 0 unspecified atom stereocenters. The Kier molecular flexibility index (Phi) is 3.23. The third-order valence-electron chi connectivity index (χ3n) is 5.56. The van der Waals surface area contributed by atoms with E-state index in [1.165, 1.54) is 11.3 Å². The number of aromatic nitrogens is 2. The normalized spacial score (nSPS) is 29.5. The zero-order valence-electron chi connectivity index (χ0n) is 12.9. The van der Waals surface area contributed by atoms with Crippen molar-refractivity contribution in [3.63, 3.8) is 0 Å². The number of amides is 1. The topological polar surface area (TPSA) is 74.9 Å². The minimum atomic E-state index is -0.757. The van der Waals surface area contributed by atoms with Gasteiger partial charge in [0.15, 0.2) is 4.96 Å². The van der Waals surface area contributed by atoms with Crippen molar-refractivity contribution < 1.29 is 14.7 Å². The van der Waals surface area contributed by atoms with Crippen LogP contribution in [0.25, 0.3) is 4.96 Å². The Labute approximate surface area is 137 Å². The number of thiazole rings is 1. The number of carboxylic acids is 1. The number of carbonyl (C=O) groups excluding carboxylic acids is 1. The summed E-state index contributed by atoms with van der Waals surface area (Å²) >= 11 is 1.54. The lowest BCUT2D eigenvalue weighted by atomic mass is 9.72. The Balaban J connectivity index is 1.57. The first-order chi connectivity index (χ1) is 11.0. The molecule has 3 atom stereocenters. The summed E-state index contributed by atoms with van der Waals surface area (Å²) in [6, 6.07) is -0.0847. The summed E-state index contributed by atoms with van der Waals surface area (Å²) < 4.78 is 1.92. The van der Waals surface area contributed by atoms with Crippen LogP contribution in [0, 0.1) is 5.41 Å². The molecule has 122 valence electrons. The predicted octanol–water partition coefficient (Wildman–Crippen LogP) is 2.18. The smallest absolute Gasteiger partial charge is 0.311 e. The van der Waals surface area contributed by atoms with Crippen LogP contribution in [-0.4, -0.2) is 43.4 Å². The first-order valence-electron chi connectivity index (χ1n) is 8.01. The molecule has 0 aliphatic carbocycles. The van der Waals surface area contributed by atoms with Crippen LogP contribution in [0.4, 0.5) is 0 Å². The number of hydrogen-bond acceptors (Lipinski definition) is 4. The van der Waals surface area contributed by atoms with Crippen LogP contribution < -0.4 is 0 Å². The third-order valence-corrected chi connectivity index (χ3v) is 6.33. The van der Waals surface area contributed by atoms with Crippen LogP contribution in [0.15, 0.2) is 17.8 Å². The van der Waals surface area contributed by atoms with E-state index in [1.54, 1.807) is 0 Å². The maximum absolute atomic E-state index is 12.8. The Morgan fingerprint density at radius 2 is 2.30 bits per heavy atom. The van der Waals surface area contributed by atoms with Crippen LogP contribution in [0.5, 0.6) is 0 Å². The molecule has 0 saturated carbocycles. The van der Waals surface area contributed by atoms with Gasteiger partial charge in [-0.25, -0.2) is 4.98 Å². The van der Waals surface area contributed by atoms with E-state index in [0.717, 1.165) is 23.5 Å². The van der Waals surface area contributed by atoms with E-state index >= 15 is 0 Å². The molecule has 23 heavy (non-hydrogen) atoms. The van der Waals surface area contributed by atoms with Gasteiger partial charge in [-0.3, -0.25) is 14.0 Å². The molecule has 0 spiro atoms. The molecule has 1 amide bonds. The molecule has 2 aromatic heterocycles. The third kappa shape index (κ3) is 2.02. The molecule has 2 aliphatic rings. The second-order valence-corrected chi connectivity index (χ2v) is 7.44. The average molecular weight is 333 g/mol. The second kappa shape index (κ2) is 5.06. The van der Waals surface area contributed by atoms with Crippen molar-refractivity contribution in [1.29, 1.82) is 0 Å². The summed E-state index contributed by atoms with van der Waals surface area (Å²) in [5.74, 6) is -0.743. The summed E-state index contributed by atoms with van der Waals surface area (Å²) in [5.41, 5.74) is -0.00166. The van der Waals surface area contributed by atoms with Gasteiger partial charge in [-0.1, -0.05) is 6.92 Å². The van der Waals surface area contributed by atoms with Gasteiger partial charge in [-0.15, -0.1) is 11.3 Å². The van der Waals surface area contributed by atoms with E-state index in [-0.39, 0.29) is 24.4 Å². The molecule has 2 saturated heterocycles. The molecule has 1 N–H and O–H groups in total. The van der Waals surface area contributed by atoms with Crippen molar-refractivity contribution in [2.75, 3.05) is 0 Å². The van der Waals surface area contributed by atoms with Gasteiger partial charge in [-0.05, 0) is 25.7 Å². The zero-order chi connectivity index (χ0) is 16.2. The van der Waals surface area contributed by atoms with E-state index in [0.29, 0.717) is 12.8 Å². The van der Waals surface area contributed by atoms with E-state index in [1.807, 2.05) is 34.0 Å². The van der Waals surface area contributed by atoms with Gasteiger partial charge in [0.1, 0.15) is 0 Å². The maximum atomic E-state index is 12.8. The number of fused-ring (bicyclic) bond motifs is 3. The highest BCUT2D eigenvalue weighted by Gasteiger charge is 2.60. The Hall–Kier alpha value is -1.89. The van der Waals surface area contributed by atoms with Crippen molar-refractivity contribution in [2.45, 2.75) is 51.1 Å². The SMILES string of the molecule is CC[C@@]1(C(=O)O)C[C@@H]2CC[C@H]1N2C(=O)Cc1cn2ccsc2n1. The van der Waals surface area contributed by atoms with Gasteiger partial charge < -0.3 is 10.0 Å². The van der Waals surface area contributed by atoms with Gasteiger partial charge in [0.05, 0.1) is 17.5 Å². The van der Waals surface area contributed by atoms with Crippen molar-refractivity contribution in [1.82, 2.24) is 14.3 Å². The summed E-state index contributed by atoms with van der Waals surface area (Å²) in [7, 11) is 0. The molecule has 2 aromatic rings. The lowest BCUT2D eigenvalue weighted by molar-refractivity contribution is -0.151. The zero-order valence-corrected chi connectivity index (χ0v) is 13.8. The Morgan fingerprint density at radius 3 is 2.96 bits per heavy atom. The number of rotatable bonds is 4. The maximum Gasteiger partial charge on any atom is 0.311 e. The predicted molar refractivity (Wildman–Crippen MR) is 85.4 cm³/mol. The van der Waals surface area contributed by atoms with Crippen LogP contribution in [-0.2, 0) is 16.0 Å². The fraction of sp³-hybridized carbons (Fsp3) is 0.562. The molecule has 6 nitrogen and oxygen atoms in total. The highest BCUT2D eigenvalue weighted by Crippen LogP contribution is 2.52. The van der Waals surface area contributed by atoms with E-state index in [9.17, 15) is 14.7 Å². The van der Waals surface area contributed by atoms with E-state index < -0.39 is 11.4 Å². The van der Waals surface area contributed by atoms with Crippen LogP contribution in [0.2, 0.25) is 0 Å². The second-order valence-electron chi connectivity index (χ2n) is 6.57. The molecule has 2 bridgehead atoms. The van der Waals surface area contributed by atoms with Gasteiger partial charge in [-0.2, -0.15) is 0 Å². The lowest BCUT2D eigenvalue weighted by Gasteiger charge is -2.32. The van der Waals surface area contributed by atoms with E-state index in [2.05, 4.69) is 4.98 Å². The number of nitrogens with zero attached hydrogens (tertiary/aromatic N) is 3. The van der Waals surface area contributed by atoms with Crippen molar-refractivity contribution >= 4 is 28.2 Å². The van der Waals surface area contributed by atoms with Gasteiger partial charge >= 0.3 is 5.97 Å². The van der Waals surface area contributed by atoms with Gasteiger partial charge in [0.2, 0.25) is 5.91 Å². The number of imidazole rings is 1. The minimum absolute atomic E-state index is 0.0137. The van der Waals surface area contributed by atoms with E-state index in [4.69, 9.17) is 0 Å². The van der Waals surface area contributed by atoms with Crippen LogP contribution in [0.3, 0.4) is 0 Å². The Bertz CT molecular complexity index is 754. The summed E-state index contributed by atoms with van der Waals surface area (Å²) in [6.45, 7) is 1.92. The van der Waals surface area contributed by atoms with Crippen molar-refractivity contribution in [3.8, 4) is 0 Å². The molecule has 2 fully saturated rings. The molecule has 7 heteroatoms. The first kappa shape index (κ1) is 14.7. The fourth-order valence-corrected chi connectivity index (χ4v) is 5.15. The molecule has 0 radical (unpaired) electrons. The first-order valence-corrected chi connectivity index (χ1v) is 8.89. The highest BCUT2D eigenvalue weighted by atomic mass is 32.1. The summed E-state index contributed by atoms with van der Waals surface area (Å²) in [4.78, 5) is 31.8.